The molecular formula is C17H21N5S. The van der Waals surface area contributed by atoms with Gasteiger partial charge in [0.05, 0.1) is 10.2 Å². The number of anilines is 1. The van der Waals surface area contributed by atoms with Gasteiger partial charge in [0.2, 0.25) is 0 Å². The Kier molecular flexibility index (Phi) is 3.77. The predicted molar refractivity (Wildman–Crippen MR) is 94.2 cm³/mol. The maximum Gasteiger partial charge on any atom is 0.186 e. The summed E-state index contributed by atoms with van der Waals surface area (Å²) in [6, 6.07) is 8.79. The molecule has 0 spiro atoms. The molecule has 120 valence electrons. The number of hydrogen-bond donors (Lipinski definition) is 0. The van der Waals surface area contributed by atoms with Gasteiger partial charge in [-0.1, -0.05) is 23.5 Å². The van der Waals surface area contributed by atoms with Crippen molar-refractivity contribution in [3.05, 3.63) is 36.4 Å². The Labute approximate surface area is 140 Å². The van der Waals surface area contributed by atoms with Crippen molar-refractivity contribution in [1.82, 2.24) is 19.7 Å². The second-order valence-electron chi connectivity index (χ2n) is 6.42. The van der Waals surface area contributed by atoms with E-state index in [9.17, 15) is 0 Å². The van der Waals surface area contributed by atoms with Gasteiger partial charge < -0.3 is 9.47 Å². The third-order valence-electron chi connectivity index (χ3n) is 4.57. The van der Waals surface area contributed by atoms with Crippen LogP contribution in [0.3, 0.4) is 0 Å². The maximum atomic E-state index is 4.78. The minimum atomic E-state index is 0.419. The first kappa shape index (κ1) is 14.6. The van der Waals surface area contributed by atoms with Crippen molar-refractivity contribution in [2.45, 2.75) is 38.6 Å². The summed E-state index contributed by atoms with van der Waals surface area (Å²) in [7, 11) is 0. The van der Waals surface area contributed by atoms with E-state index in [0.717, 1.165) is 42.4 Å². The number of rotatable bonds is 3. The van der Waals surface area contributed by atoms with Crippen LogP contribution >= 0.6 is 11.3 Å². The van der Waals surface area contributed by atoms with Gasteiger partial charge >= 0.3 is 0 Å². The molecular weight excluding hydrogens is 306 g/mol. The maximum absolute atomic E-state index is 4.78. The smallest absolute Gasteiger partial charge is 0.186 e. The van der Waals surface area contributed by atoms with Crippen LogP contribution in [-0.2, 0) is 0 Å². The molecule has 0 amide bonds. The fourth-order valence-corrected chi connectivity index (χ4v) is 4.28. The molecule has 23 heavy (non-hydrogen) atoms. The molecule has 1 aromatic carbocycles. The molecule has 1 fully saturated rings. The number of benzene rings is 1. The van der Waals surface area contributed by atoms with E-state index in [2.05, 4.69) is 57.8 Å². The number of hydrogen-bond acceptors (Lipinski definition) is 5. The summed E-state index contributed by atoms with van der Waals surface area (Å²) in [5.41, 5.74) is 1.11. The second-order valence-corrected chi connectivity index (χ2v) is 7.42. The fourth-order valence-electron chi connectivity index (χ4n) is 3.27. The number of aromatic nitrogens is 4. The molecule has 0 N–H and O–H groups in total. The first-order valence-electron chi connectivity index (χ1n) is 8.22. The van der Waals surface area contributed by atoms with Gasteiger partial charge in [-0.15, -0.1) is 10.2 Å². The number of para-hydroxylation sites is 1. The SMILES string of the molecule is CC(C)n1cnnc1C1CCN(c2nc3ccccc3s2)CC1. The lowest BCUT2D eigenvalue weighted by Gasteiger charge is -2.31. The third-order valence-corrected chi connectivity index (χ3v) is 5.67. The van der Waals surface area contributed by atoms with Crippen molar-refractivity contribution in [2.75, 3.05) is 18.0 Å². The summed E-state index contributed by atoms with van der Waals surface area (Å²) in [6.07, 6.45) is 4.09. The van der Waals surface area contributed by atoms with Gasteiger partial charge in [-0.2, -0.15) is 0 Å². The Morgan fingerprint density at radius 3 is 2.70 bits per heavy atom. The van der Waals surface area contributed by atoms with Crippen molar-refractivity contribution in [2.24, 2.45) is 0 Å². The highest BCUT2D eigenvalue weighted by Gasteiger charge is 2.26. The van der Waals surface area contributed by atoms with Crippen molar-refractivity contribution < 1.29 is 0 Å². The van der Waals surface area contributed by atoms with Crippen molar-refractivity contribution in [3.63, 3.8) is 0 Å². The molecule has 0 aliphatic carbocycles. The third kappa shape index (κ3) is 2.72. The Morgan fingerprint density at radius 1 is 1.17 bits per heavy atom. The van der Waals surface area contributed by atoms with Crippen LogP contribution in [0.4, 0.5) is 5.13 Å². The minimum absolute atomic E-state index is 0.419. The number of fused-ring (bicyclic) bond motifs is 1. The quantitative estimate of drug-likeness (QED) is 0.733. The van der Waals surface area contributed by atoms with Gasteiger partial charge in [-0.05, 0) is 38.8 Å². The van der Waals surface area contributed by atoms with Crippen LogP contribution in [-0.4, -0.2) is 32.8 Å². The summed E-state index contributed by atoms with van der Waals surface area (Å²) >= 11 is 1.79. The predicted octanol–water partition coefficient (Wildman–Crippen LogP) is 3.85. The standard InChI is InChI=1S/C17H21N5S/c1-12(2)22-11-18-20-16(22)13-7-9-21(10-8-13)17-19-14-5-3-4-6-15(14)23-17/h3-6,11-13H,7-10H2,1-2H3. The van der Waals surface area contributed by atoms with Gasteiger partial charge in [0.25, 0.3) is 0 Å². The summed E-state index contributed by atoms with van der Waals surface area (Å²) < 4.78 is 3.47. The zero-order chi connectivity index (χ0) is 15.8. The van der Waals surface area contributed by atoms with Crippen LogP contribution < -0.4 is 4.90 Å². The van der Waals surface area contributed by atoms with E-state index >= 15 is 0 Å². The molecule has 0 radical (unpaired) electrons. The monoisotopic (exact) mass is 327 g/mol. The molecule has 3 heterocycles. The van der Waals surface area contributed by atoms with Crippen molar-refractivity contribution in [1.29, 1.82) is 0 Å². The molecule has 6 heteroatoms. The van der Waals surface area contributed by atoms with E-state index in [1.807, 2.05) is 6.33 Å². The van der Waals surface area contributed by atoms with Gasteiger partial charge in [-0.3, -0.25) is 0 Å². The Hall–Kier alpha value is -1.95. The van der Waals surface area contributed by atoms with Gasteiger partial charge in [-0.25, -0.2) is 4.98 Å². The highest BCUT2D eigenvalue weighted by molar-refractivity contribution is 7.22. The number of nitrogens with zero attached hydrogens (tertiary/aromatic N) is 5. The average molecular weight is 327 g/mol. The Bertz CT molecular complexity index is 765. The van der Waals surface area contributed by atoms with Crippen molar-refractivity contribution >= 4 is 26.7 Å². The summed E-state index contributed by atoms with van der Waals surface area (Å²) in [6.45, 7) is 6.44. The number of piperidine rings is 1. The van der Waals surface area contributed by atoms with E-state index in [4.69, 9.17) is 4.98 Å². The molecule has 0 saturated carbocycles. The summed E-state index contributed by atoms with van der Waals surface area (Å²) in [4.78, 5) is 7.20. The molecule has 1 aliphatic rings. The minimum Gasteiger partial charge on any atom is -0.348 e. The van der Waals surface area contributed by atoms with Crippen LogP contribution in [0.2, 0.25) is 0 Å². The lowest BCUT2D eigenvalue weighted by molar-refractivity contribution is 0.449. The summed E-state index contributed by atoms with van der Waals surface area (Å²) in [5, 5.41) is 9.64. The van der Waals surface area contributed by atoms with Gasteiger partial charge in [0, 0.05) is 25.0 Å². The zero-order valence-corrected chi connectivity index (χ0v) is 14.3. The van der Waals surface area contributed by atoms with E-state index in [1.165, 1.54) is 4.70 Å². The zero-order valence-electron chi connectivity index (χ0n) is 13.5. The van der Waals surface area contributed by atoms with Crippen LogP contribution in [0.15, 0.2) is 30.6 Å². The molecule has 1 aliphatic heterocycles. The molecule has 1 saturated heterocycles. The van der Waals surface area contributed by atoms with Crippen LogP contribution in [0.25, 0.3) is 10.2 Å². The summed E-state index contributed by atoms with van der Waals surface area (Å²) in [5.74, 6) is 1.65. The molecule has 3 aromatic rings. The van der Waals surface area contributed by atoms with Gasteiger partial charge in [0.15, 0.2) is 5.13 Å². The molecule has 0 atom stereocenters. The van der Waals surface area contributed by atoms with Crippen LogP contribution in [0.1, 0.15) is 44.5 Å². The largest absolute Gasteiger partial charge is 0.348 e. The van der Waals surface area contributed by atoms with E-state index in [-0.39, 0.29) is 0 Å². The fraction of sp³-hybridized carbons (Fsp3) is 0.471. The van der Waals surface area contributed by atoms with Crippen LogP contribution in [0, 0.1) is 0 Å². The highest BCUT2D eigenvalue weighted by atomic mass is 32.1. The van der Waals surface area contributed by atoms with E-state index in [0.29, 0.717) is 12.0 Å². The normalized spacial score (nSPS) is 16.6. The van der Waals surface area contributed by atoms with E-state index in [1.54, 1.807) is 11.3 Å². The highest BCUT2D eigenvalue weighted by Crippen LogP contribution is 2.34. The molecule has 4 rings (SSSR count). The lowest BCUT2D eigenvalue weighted by Crippen LogP contribution is -2.33. The van der Waals surface area contributed by atoms with Crippen LogP contribution in [0.5, 0.6) is 0 Å². The van der Waals surface area contributed by atoms with Gasteiger partial charge in [0.1, 0.15) is 12.2 Å². The first-order valence-corrected chi connectivity index (χ1v) is 9.04. The molecule has 2 aromatic heterocycles. The molecule has 0 unspecified atom stereocenters. The van der Waals surface area contributed by atoms with Crippen molar-refractivity contribution in [3.8, 4) is 0 Å². The average Bonchev–Trinajstić information content (AvgIpc) is 3.22. The molecule has 0 bridgehead atoms. The second kappa shape index (κ2) is 5.92. The first-order chi connectivity index (χ1) is 11.2. The topological polar surface area (TPSA) is 46.8 Å². The van der Waals surface area contributed by atoms with E-state index < -0.39 is 0 Å². The number of thiazole rings is 1. The Balaban J connectivity index is 1.49. The molecule has 5 nitrogen and oxygen atoms in total. The Morgan fingerprint density at radius 2 is 1.96 bits per heavy atom. The lowest BCUT2D eigenvalue weighted by atomic mass is 9.96.